The zero-order valence-electron chi connectivity index (χ0n) is 18.6. The van der Waals surface area contributed by atoms with E-state index in [2.05, 4.69) is 10.0 Å². The smallest absolute Gasteiger partial charge is 0.255 e. The molecule has 2 bridgehead atoms. The minimum absolute atomic E-state index is 0.0836. The van der Waals surface area contributed by atoms with Crippen LogP contribution in [-0.2, 0) is 10.0 Å². The van der Waals surface area contributed by atoms with E-state index in [9.17, 15) is 13.2 Å². The van der Waals surface area contributed by atoms with Gasteiger partial charge in [-0.3, -0.25) is 4.79 Å². The molecule has 0 aromatic heterocycles. The molecule has 2 fully saturated rings. The van der Waals surface area contributed by atoms with E-state index in [-0.39, 0.29) is 16.8 Å². The zero-order chi connectivity index (χ0) is 22.9. The number of fused-ring (bicyclic) bond motifs is 2. The lowest BCUT2D eigenvalue weighted by Gasteiger charge is -2.28. The second-order valence-corrected chi connectivity index (χ2v) is 10.5. The number of anilines is 1. The summed E-state index contributed by atoms with van der Waals surface area (Å²) in [6.45, 7) is 1.97. The summed E-state index contributed by atoms with van der Waals surface area (Å²) in [7, 11) is -0.588. The van der Waals surface area contributed by atoms with Crippen molar-refractivity contribution in [2.75, 3.05) is 19.5 Å². The molecule has 1 amide bonds. The van der Waals surface area contributed by atoms with Gasteiger partial charge in [0, 0.05) is 17.3 Å². The van der Waals surface area contributed by atoms with Gasteiger partial charge in [0.2, 0.25) is 10.0 Å². The number of carbonyl (C=O) groups is 1. The number of hydrogen-bond donors (Lipinski definition) is 2. The van der Waals surface area contributed by atoms with E-state index < -0.39 is 10.0 Å². The van der Waals surface area contributed by atoms with E-state index in [4.69, 9.17) is 9.47 Å². The number of benzene rings is 2. The molecule has 4 rings (SSSR count). The Kier molecular flexibility index (Phi) is 6.44. The first-order valence-electron chi connectivity index (χ1n) is 11.0. The van der Waals surface area contributed by atoms with Crippen LogP contribution in [0, 0.1) is 17.8 Å². The molecule has 2 N–H and O–H groups in total. The third-order valence-electron chi connectivity index (χ3n) is 6.84. The normalized spacial score (nSPS) is 23.0. The molecule has 2 aliphatic rings. The Morgan fingerprint density at radius 3 is 2.31 bits per heavy atom. The molecule has 2 aromatic rings. The van der Waals surface area contributed by atoms with Gasteiger partial charge in [0.1, 0.15) is 0 Å². The van der Waals surface area contributed by atoms with E-state index in [0.717, 1.165) is 12.3 Å². The highest BCUT2D eigenvalue weighted by atomic mass is 32.2. The summed E-state index contributed by atoms with van der Waals surface area (Å²) in [5, 5.41) is 2.78. The lowest BCUT2D eigenvalue weighted by atomic mass is 9.84. The van der Waals surface area contributed by atoms with Gasteiger partial charge in [-0.15, -0.1) is 0 Å². The predicted molar refractivity (Wildman–Crippen MR) is 123 cm³/mol. The Morgan fingerprint density at radius 1 is 1.00 bits per heavy atom. The summed E-state index contributed by atoms with van der Waals surface area (Å²) < 4.78 is 39.0. The fourth-order valence-corrected chi connectivity index (χ4v) is 6.50. The summed E-state index contributed by atoms with van der Waals surface area (Å²) in [5.41, 5.74) is 0.908. The zero-order valence-corrected chi connectivity index (χ0v) is 19.4. The second-order valence-electron chi connectivity index (χ2n) is 8.80. The lowest BCUT2D eigenvalue weighted by Crippen LogP contribution is -2.40. The van der Waals surface area contributed by atoms with Gasteiger partial charge < -0.3 is 14.8 Å². The number of sulfonamides is 1. The van der Waals surface area contributed by atoms with Gasteiger partial charge in [-0.2, -0.15) is 0 Å². The molecular weight excluding hydrogens is 428 g/mol. The maximum absolute atomic E-state index is 12.9. The minimum atomic E-state index is -3.62. The third kappa shape index (κ3) is 4.61. The molecular formula is C24H30N2O5S. The largest absolute Gasteiger partial charge is 0.493 e. The second kappa shape index (κ2) is 9.11. The molecule has 172 valence electrons. The van der Waals surface area contributed by atoms with Crippen molar-refractivity contribution < 1.29 is 22.7 Å². The molecule has 0 aliphatic heterocycles. The van der Waals surface area contributed by atoms with Crippen LogP contribution in [0.4, 0.5) is 5.69 Å². The molecule has 32 heavy (non-hydrogen) atoms. The predicted octanol–water partition coefficient (Wildman–Crippen LogP) is 4.06. The maximum Gasteiger partial charge on any atom is 0.255 e. The summed E-state index contributed by atoms with van der Waals surface area (Å²) >= 11 is 0. The number of amides is 1. The van der Waals surface area contributed by atoms with Crippen LogP contribution in [0.1, 0.15) is 43.0 Å². The van der Waals surface area contributed by atoms with Crippen molar-refractivity contribution >= 4 is 21.6 Å². The molecule has 2 aliphatic carbocycles. The molecule has 2 aromatic carbocycles. The van der Waals surface area contributed by atoms with Crippen LogP contribution < -0.4 is 19.5 Å². The van der Waals surface area contributed by atoms with Crippen molar-refractivity contribution in [3.63, 3.8) is 0 Å². The summed E-state index contributed by atoms with van der Waals surface area (Å²) in [5.74, 6) is 2.49. The van der Waals surface area contributed by atoms with E-state index in [1.54, 1.807) is 30.3 Å². The SMILES string of the molecule is COc1ccc(C(=O)Nc2ccc(S(=O)(=O)N[C@@H](C)[C@H]3C[C@H]4CC[C@H]3C4)cc2)cc1OC. The molecule has 4 atom stereocenters. The van der Waals surface area contributed by atoms with Crippen molar-refractivity contribution in [1.29, 1.82) is 0 Å². The van der Waals surface area contributed by atoms with Gasteiger partial charge in [-0.05, 0) is 86.4 Å². The monoisotopic (exact) mass is 458 g/mol. The van der Waals surface area contributed by atoms with E-state index in [1.165, 1.54) is 45.6 Å². The summed E-state index contributed by atoms with van der Waals surface area (Å²) in [4.78, 5) is 12.8. The van der Waals surface area contributed by atoms with Crippen LogP contribution in [0.5, 0.6) is 11.5 Å². The highest BCUT2D eigenvalue weighted by Crippen LogP contribution is 2.49. The first kappa shape index (κ1) is 22.6. The van der Waals surface area contributed by atoms with Crippen LogP contribution >= 0.6 is 0 Å². The molecule has 8 heteroatoms. The lowest BCUT2D eigenvalue weighted by molar-refractivity contribution is 0.102. The summed E-state index contributed by atoms with van der Waals surface area (Å²) in [6, 6.07) is 11.0. The van der Waals surface area contributed by atoms with Crippen molar-refractivity contribution in [3.05, 3.63) is 48.0 Å². The molecule has 0 unspecified atom stereocenters. The highest BCUT2D eigenvalue weighted by molar-refractivity contribution is 7.89. The standard InChI is InChI=1S/C24H30N2O5S/c1-15(21-13-16-4-5-17(21)12-16)26-32(28,29)20-9-7-19(8-10-20)25-24(27)18-6-11-22(30-2)23(14-18)31-3/h6-11,14-17,21,26H,4-5,12-13H2,1-3H3,(H,25,27)/t15-,16-,17-,21+/m0/s1. The quantitative estimate of drug-likeness (QED) is 0.622. The van der Waals surface area contributed by atoms with Gasteiger partial charge in [0.15, 0.2) is 11.5 Å². The number of hydrogen-bond acceptors (Lipinski definition) is 5. The van der Waals surface area contributed by atoms with Crippen LogP contribution in [0.3, 0.4) is 0 Å². The molecule has 2 saturated carbocycles. The Hall–Kier alpha value is -2.58. The molecule has 0 saturated heterocycles. The molecule has 0 spiro atoms. The van der Waals surface area contributed by atoms with E-state index >= 15 is 0 Å². The fourth-order valence-electron chi connectivity index (χ4n) is 5.20. The average Bonchev–Trinajstić information content (AvgIpc) is 3.42. The van der Waals surface area contributed by atoms with E-state index in [0.29, 0.717) is 34.6 Å². The van der Waals surface area contributed by atoms with Crippen LogP contribution in [-0.4, -0.2) is 34.6 Å². The Bertz CT molecular complexity index is 1080. The Morgan fingerprint density at radius 2 is 1.72 bits per heavy atom. The van der Waals surface area contributed by atoms with Crippen molar-refractivity contribution in [2.45, 2.75) is 43.5 Å². The fraction of sp³-hybridized carbons (Fsp3) is 0.458. The van der Waals surface area contributed by atoms with Gasteiger partial charge in [-0.1, -0.05) is 6.42 Å². The summed E-state index contributed by atoms with van der Waals surface area (Å²) in [6.07, 6.45) is 4.87. The molecule has 0 radical (unpaired) electrons. The highest BCUT2D eigenvalue weighted by Gasteiger charge is 2.42. The van der Waals surface area contributed by atoms with Crippen molar-refractivity contribution in [3.8, 4) is 11.5 Å². The van der Waals surface area contributed by atoms with E-state index in [1.807, 2.05) is 6.92 Å². The maximum atomic E-state index is 12.9. The number of methoxy groups -OCH3 is 2. The van der Waals surface area contributed by atoms with Gasteiger partial charge in [0.05, 0.1) is 19.1 Å². The average molecular weight is 459 g/mol. The number of nitrogens with one attached hydrogen (secondary N) is 2. The van der Waals surface area contributed by atoms with Crippen molar-refractivity contribution in [1.82, 2.24) is 4.72 Å². The number of ether oxygens (including phenoxy) is 2. The third-order valence-corrected chi connectivity index (χ3v) is 8.42. The van der Waals surface area contributed by atoms with Crippen LogP contribution in [0.15, 0.2) is 47.4 Å². The number of rotatable bonds is 8. The number of carbonyl (C=O) groups excluding carboxylic acids is 1. The molecule has 7 nitrogen and oxygen atoms in total. The van der Waals surface area contributed by atoms with Gasteiger partial charge >= 0.3 is 0 Å². The van der Waals surface area contributed by atoms with Crippen molar-refractivity contribution in [2.24, 2.45) is 17.8 Å². The topological polar surface area (TPSA) is 93.7 Å². The Balaban J connectivity index is 1.40. The van der Waals surface area contributed by atoms with Crippen LogP contribution in [0.2, 0.25) is 0 Å². The van der Waals surface area contributed by atoms with Gasteiger partial charge in [-0.25, -0.2) is 13.1 Å². The molecule has 0 heterocycles. The first-order valence-corrected chi connectivity index (χ1v) is 12.4. The Labute approximate surface area is 189 Å². The van der Waals surface area contributed by atoms with Gasteiger partial charge in [0.25, 0.3) is 5.91 Å². The first-order chi connectivity index (χ1) is 15.3. The van der Waals surface area contributed by atoms with Crippen LogP contribution in [0.25, 0.3) is 0 Å². The minimum Gasteiger partial charge on any atom is -0.493 e.